The van der Waals surface area contributed by atoms with Crippen molar-refractivity contribution in [2.45, 2.75) is 19.1 Å². The monoisotopic (exact) mass is 312 g/mol. The molecule has 0 bridgehead atoms. The highest BCUT2D eigenvalue weighted by atomic mass is 19.1. The highest BCUT2D eigenvalue weighted by molar-refractivity contribution is 6.06. The van der Waals surface area contributed by atoms with Crippen LogP contribution in [0.3, 0.4) is 0 Å². The second kappa shape index (κ2) is 6.22. The Bertz CT molecular complexity index is 826. The van der Waals surface area contributed by atoms with E-state index in [1.165, 1.54) is 24.3 Å². The van der Waals surface area contributed by atoms with Gasteiger partial charge < -0.3 is 15.4 Å². The summed E-state index contributed by atoms with van der Waals surface area (Å²) >= 11 is 0. The number of hydrogen-bond acceptors (Lipinski definition) is 2. The third-order valence-corrected chi connectivity index (χ3v) is 3.88. The van der Waals surface area contributed by atoms with Crippen LogP contribution >= 0.6 is 0 Å². The van der Waals surface area contributed by atoms with Crippen molar-refractivity contribution < 1.29 is 14.3 Å². The third-order valence-electron chi connectivity index (χ3n) is 3.88. The van der Waals surface area contributed by atoms with Gasteiger partial charge in [-0.05, 0) is 42.8 Å². The van der Waals surface area contributed by atoms with Crippen LogP contribution in [-0.2, 0) is 0 Å². The molecule has 2 aromatic carbocycles. The zero-order valence-electron chi connectivity index (χ0n) is 12.6. The average Bonchev–Trinajstić information content (AvgIpc) is 3.03. The van der Waals surface area contributed by atoms with Gasteiger partial charge in [-0.25, -0.2) is 4.39 Å². The average molecular weight is 312 g/mol. The van der Waals surface area contributed by atoms with Gasteiger partial charge in [0, 0.05) is 22.7 Å². The fourth-order valence-electron chi connectivity index (χ4n) is 2.60. The van der Waals surface area contributed by atoms with Crippen molar-refractivity contribution in [3.63, 3.8) is 0 Å². The van der Waals surface area contributed by atoms with Crippen molar-refractivity contribution in [1.82, 2.24) is 10.3 Å². The van der Waals surface area contributed by atoms with Gasteiger partial charge in [0.25, 0.3) is 5.91 Å². The molecule has 2 atom stereocenters. The lowest BCUT2D eigenvalue weighted by Gasteiger charge is -2.21. The summed E-state index contributed by atoms with van der Waals surface area (Å²) in [4.78, 5) is 15.5. The van der Waals surface area contributed by atoms with Crippen LogP contribution in [0.1, 0.15) is 28.9 Å². The van der Waals surface area contributed by atoms with Crippen LogP contribution in [0.15, 0.2) is 54.7 Å². The Kier molecular flexibility index (Phi) is 4.12. The van der Waals surface area contributed by atoms with Crippen LogP contribution < -0.4 is 5.32 Å². The number of aromatic amines is 1. The minimum absolute atomic E-state index is 0.260. The first-order valence-electron chi connectivity index (χ1n) is 7.37. The summed E-state index contributed by atoms with van der Waals surface area (Å²) in [7, 11) is 0. The van der Waals surface area contributed by atoms with E-state index in [4.69, 9.17) is 0 Å². The van der Waals surface area contributed by atoms with Gasteiger partial charge in [-0.15, -0.1) is 0 Å². The number of H-pyrrole nitrogens is 1. The molecule has 1 aromatic heterocycles. The molecule has 0 aliphatic rings. The SMILES string of the molecule is CC(NC(=O)c1cccc2[nH]ccc12)C(O)c1ccc(F)cc1. The van der Waals surface area contributed by atoms with Gasteiger partial charge in [-0.2, -0.15) is 0 Å². The van der Waals surface area contributed by atoms with E-state index in [0.717, 1.165) is 10.9 Å². The van der Waals surface area contributed by atoms with E-state index in [2.05, 4.69) is 10.3 Å². The predicted octanol–water partition coefficient (Wildman–Crippen LogP) is 3.16. The van der Waals surface area contributed by atoms with Gasteiger partial charge in [0.1, 0.15) is 5.82 Å². The maximum Gasteiger partial charge on any atom is 0.252 e. The Morgan fingerprint density at radius 2 is 1.91 bits per heavy atom. The smallest absolute Gasteiger partial charge is 0.252 e. The summed E-state index contributed by atoms with van der Waals surface area (Å²) in [6, 6.07) is 12.3. The number of rotatable bonds is 4. The molecule has 4 nitrogen and oxygen atoms in total. The number of fused-ring (bicyclic) bond motifs is 1. The van der Waals surface area contributed by atoms with Gasteiger partial charge >= 0.3 is 0 Å². The Balaban J connectivity index is 1.76. The minimum Gasteiger partial charge on any atom is -0.386 e. The van der Waals surface area contributed by atoms with Gasteiger partial charge in [0.2, 0.25) is 0 Å². The van der Waals surface area contributed by atoms with E-state index in [-0.39, 0.29) is 11.7 Å². The summed E-state index contributed by atoms with van der Waals surface area (Å²) in [5.41, 5.74) is 1.98. The number of aliphatic hydroxyl groups excluding tert-OH is 1. The van der Waals surface area contributed by atoms with E-state index < -0.39 is 12.1 Å². The van der Waals surface area contributed by atoms with Crippen LogP contribution in [0.25, 0.3) is 10.9 Å². The molecule has 3 N–H and O–H groups in total. The summed E-state index contributed by atoms with van der Waals surface area (Å²) in [6.45, 7) is 1.71. The molecule has 1 amide bonds. The summed E-state index contributed by atoms with van der Waals surface area (Å²) in [5, 5.41) is 13.9. The highest BCUT2D eigenvalue weighted by Crippen LogP contribution is 2.20. The van der Waals surface area contributed by atoms with Gasteiger partial charge in [0.15, 0.2) is 0 Å². The van der Waals surface area contributed by atoms with E-state index >= 15 is 0 Å². The zero-order valence-corrected chi connectivity index (χ0v) is 12.6. The van der Waals surface area contributed by atoms with Crippen molar-refractivity contribution in [3.05, 3.63) is 71.7 Å². The largest absolute Gasteiger partial charge is 0.386 e. The highest BCUT2D eigenvalue weighted by Gasteiger charge is 2.20. The number of halogens is 1. The van der Waals surface area contributed by atoms with Crippen LogP contribution in [0.2, 0.25) is 0 Å². The van der Waals surface area contributed by atoms with E-state index in [1.807, 2.05) is 12.1 Å². The van der Waals surface area contributed by atoms with Crippen LogP contribution in [0, 0.1) is 5.82 Å². The Morgan fingerprint density at radius 3 is 2.65 bits per heavy atom. The number of nitrogens with one attached hydrogen (secondary N) is 2. The third kappa shape index (κ3) is 3.10. The quantitative estimate of drug-likeness (QED) is 0.693. The molecule has 3 aromatic rings. The first-order valence-corrected chi connectivity index (χ1v) is 7.37. The first-order chi connectivity index (χ1) is 11.1. The molecule has 23 heavy (non-hydrogen) atoms. The maximum atomic E-state index is 12.9. The van der Waals surface area contributed by atoms with Gasteiger partial charge in [-0.1, -0.05) is 18.2 Å². The molecule has 0 aliphatic heterocycles. The Hall–Kier alpha value is -2.66. The van der Waals surface area contributed by atoms with Gasteiger partial charge in [-0.3, -0.25) is 4.79 Å². The lowest BCUT2D eigenvalue weighted by Crippen LogP contribution is -2.37. The molecule has 0 aliphatic carbocycles. The molecule has 0 radical (unpaired) electrons. The molecule has 5 heteroatoms. The molecule has 1 heterocycles. The number of hydrogen-bond donors (Lipinski definition) is 3. The lowest BCUT2D eigenvalue weighted by molar-refractivity contribution is 0.0853. The van der Waals surface area contributed by atoms with E-state index in [9.17, 15) is 14.3 Å². The molecular formula is C18H17FN2O2. The first kappa shape index (κ1) is 15.2. The topological polar surface area (TPSA) is 65.1 Å². The number of carbonyl (C=O) groups excluding carboxylic acids is 1. The number of aromatic nitrogens is 1. The number of benzene rings is 2. The van der Waals surface area contributed by atoms with E-state index in [0.29, 0.717) is 11.1 Å². The van der Waals surface area contributed by atoms with E-state index in [1.54, 1.807) is 25.3 Å². The molecule has 2 unspecified atom stereocenters. The van der Waals surface area contributed by atoms with Crippen molar-refractivity contribution in [2.75, 3.05) is 0 Å². The second-order valence-corrected chi connectivity index (χ2v) is 5.50. The molecule has 0 fully saturated rings. The Labute approximate surface area is 133 Å². The van der Waals surface area contributed by atoms with Crippen molar-refractivity contribution in [2.24, 2.45) is 0 Å². The van der Waals surface area contributed by atoms with Crippen LogP contribution in [-0.4, -0.2) is 22.0 Å². The summed E-state index contributed by atoms with van der Waals surface area (Å²) in [6.07, 6.45) is 0.864. The molecule has 118 valence electrons. The van der Waals surface area contributed by atoms with Gasteiger partial charge in [0.05, 0.1) is 12.1 Å². The molecule has 0 saturated heterocycles. The number of aliphatic hydroxyl groups is 1. The Morgan fingerprint density at radius 1 is 1.17 bits per heavy atom. The van der Waals surface area contributed by atoms with Crippen molar-refractivity contribution in [1.29, 1.82) is 0 Å². The summed E-state index contributed by atoms with van der Waals surface area (Å²) < 4.78 is 12.9. The molecular weight excluding hydrogens is 295 g/mol. The van der Waals surface area contributed by atoms with Crippen molar-refractivity contribution in [3.8, 4) is 0 Å². The predicted molar refractivity (Wildman–Crippen MR) is 86.6 cm³/mol. The number of carbonyl (C=O) groups is 1. The fraction of sp³-hybridized carbons (Fsp3) is 0.167. The molecule has 0 spiro atoms. The zero-order chi connectivity index (χ0) is 16.4. The lowest BCUT2D eigenvalue weighted by atomic mass is 10.0. The molecule has 0 saturated carbocycles. The van der Waals surface area contributed by atoms with Crippen LogP contribution in [0.5, 0.6) is 0 Å². The van der Waals surface area contributed by atoms with Crippen molar-refractivity contribution >= 4 is 16.8 Å². The standard InChI is InChI=1S/C18H17FN2O2/c1-11(17(22)12-5-7-13(19)8-6-12)21-18(23)15-3-2-4-16-14(15)9-10-20-16/h2-11,17,20,22H,1H3,(H,21,23). The van der Waals surface area contributed by atoms with Crippen LogP contribution in [0.4, 0.5) is 4.39 Å². The maximum absolute atomic E-state index is 12.9. The molecule has 3 rings (SSSR count). The normalized spacial score (nSPS) is 13.7. The fourth-order valence-corrected chi connectivity index (χ4v) is 2.60. The summed E-state index contributed by atoms with van der Waals surface area (Å²) in [5.74, 6) is -0.624. The minimum atomic E-state index is -0.912. The second-order valence-electron chi connectivity index (χ2n) is 5.50. The number of amides is 1.